The monoisotopic (exact) mass is 322 g/mol. The van der Waals surface area contributed by atoms with Crippen LogP contribution in [-0.2, 0) is 11.0 Å². The van der Waals surface area contributed by atoms with Gasteiger partial charge < -0.3 is 16.2 Å². The molecule has 1 amide bonds. The smallest absolute Gasteiger partial charge is 0.398 e. The molecule has 0 aromatic heterocycles. The topological polar surface area (TPSA) is 75.3 Å². The summed E-state index contributed by atoms with van der Waals surface area (Å²) in [5.74, 6) is -0.432. The highest BCUT2D eigenvalue weighted by Crippen LogP contribution is 2.35. The Kier molecular flexibility index (Phi) is 5.91. The number of alkyl halides is 3. The number of aliphatic hydroxyl groups excluding tert-OH is 1. The number of hydrogen-bond donors (Lipinski definition) is 3. The number of halogens is 3. The van der Waals surface area contributed by atoms with E-state index in [0.29, 0.717) is 0 Å². The van der Waals surface area contributed by atoms with Crippen molar-refractivity contribution in [2.45, 2.75) is 30.5 Å². The summed E-state index contributed by atoms with van der Waals surface area (Å²) in [6.45, 7) is 3.29. The SMILES string of the molecule is CC(CO)SC(C)C(=O)Nc1ccc(N)c(C(F)(F)F)c1. The average Bonchev–Trinajstić information content (AvgIpc) is 2.39. The van der Waals surface area contributed by atoms with Crippen molar-refractivity contribution in [3.63, 3.8) is 0 Å². The molecule has 0 saturated carbocycles. The number of hydrogen-bond acceptors (Lipinski definition) is 4. The van der Waals surface area contributed by atoms with Gasteiger partial charge in [-0.15, -0.1) is 11.8 Å². The van der Waals surface area contributed by atoms with Gasteiger partial charge in [-0.1, -0.05) is 6.92 Å². The lowest BCUT2D eigenvalue weighted by atomic mass is 10.1. The second-order valence-electron chi connectivity index (χ2n) is 4.56. The number of amides is 1. The van der Waals surface area contributed by atoms with E-state index in [0.717, 1.165) is 12.1 Å². The molecule has 0 fully saturated rings. The van der Waals surface area contributed by atoms with Crippen LogP contribution in [0.4, 0.5) is 24.5 Å². The number of carbonyl (C=O) groups excluding carboxylic acids is 1. The molecule has 0 heterocycles. The maximum Gasteiger partial charge on any atom is 0.418 e. The maximum atomic E-state index is 12.7. The average molecular weight is 322 g/mol. The van der Waals surface area contributed by atoms with Crippen LogP contribution in [0.3, 0.4) is 0 Å². The highest BCUT2D eigenvalue weighted by atomic mass is 32.2. The van der Waals surface area contributed by atoms with E-state index in [4.69, 9.17) is 10.8 Å². The van der Waals surface area contributed by atoms with Gasteiger partial charge in [0.25, 0.3) is 0 Å². The molecule has 0 saturated heterocycles. The fraction of sp³-hybridized carbons (Fsp3) is 0.462. The zero-order valence-corrected chi connectivity index (χ0v) is 12.4. The van der Waals surface area contributed by atoms with Crippen molar-refractivity contribution in [3.05, 3.63) is 23.8 Å². The van der Waals surface area contributed by atoms with Gasteiger partial charge in [0, 0.05) is 16.6 Å². The standard InChI is InChI=1S/C13H17F3N2O2S/c1-7(6-19)21-8(2)12(20)18-9-3-4-11(17)10(5-9)13(14,15)16/h3-5,7-8,19H,6,17H2,1-2H3,(H,18,20). The Morgan fingerprint density at radius 2 is 2.05 bits per heavy atom. The summed E-state index contributed by atoms with van der Waals surface area (Å²) < 4.78 is 38.2. The third-order valence-electron chi connectivity index (χ3n) is 2.69. The summed E-state index contributed by atoms with van der Waals surface area (Å²) in [6.07, 6.45) is -4.57. The number of rotatable bonds is 5. The Bertz CT molecular complexity index is 509. The third kappa shape index (κ3) is 5.13. The molecule has 1 aromatic rings. The summed E-state index contributed by atoms with van der Waals surface area (Å²) in [5.41, 5.74) is 3.94. The Balaban J connectivity index is 2.82. The lowest BCUT2D eigenvalue weighted by molar-refractivity contribution is -0.136. The molecule has 0 aliphatic carbocycles. The van der Waals surface area contributed by atoms with E-state index in [1.165, 1.54) is 17.8 Å². The Hall–Kier alpha value is -1.41. The fourth-order valence-corrected chi connectivity index (χ4v) is 2.54. The summed E-state index contributed by atoms with van der Waals surface area (Å²) in [5, 5.41) is 10.7. The molecular weight excluding hydrogens is 305 g/mol. The van der Waals surface area contributed by atoms with Gasteiger partial charge >= 0.3 is 6.18 Å². The van der Waals surface area contributed by atoms with Gasteiger partial charge in [0.1, 0.15) is 0 Å². The summed E-state index contributed by atoms with van der Waals surface area (Å²) >= 11 is 1.23. The molecule has 1 rings (SSSR count). The number of aliphatic hydroxyl groups is 1. The lowest BCUT2D eigenvalue weighted by Crippen LogP contribution is -2.25. The molecule has 8 heteroatoms. The predicted molar refractivity (Wildman–Crippen MR) is 78.1 cm³/mol. The van der Waals surface area contributed by atoms with Crippen LogP contribution < -0.4 is 11.1 Å². The van der Waals surface area contributed by atoms with Crippen molar-refractivity contribution in [2.75, 3.05) is 17.7 Å². The minimum absolute atomic E-state index is 0.0330. The number of thioether (sulfide) groups is 1. The number of anilines is 2. The first kappa shape index (κ1) is 17.6. The Morgan fingerprint density at radius 3 is 2.57 bits per heavy atom. The van der Waals surface area contributed by atoms with Gasteiger partial charge in [-0.2, -0.15) is 13.2 Å². The van der Waals surface area contributed by atoms with Crippen molar-refractivity contribution in [1.29, 1.82) is 0 Å². The van der Waals surface area contributed by atoms with Gasteiger partial charge in [0.15, 0.2) is 0 Å². The first-order chi connectivity index (χ1) is 9.65. The third-order valence-corrected chi connectivity index (χ3v) is 3.93. The molecule has 0 bridgehead atoms. The molecule has 2 unspecified atom stereocenters. The molecule has 4 nitrogen and oxygen atoms in total. The van der Waals surface area contributed by atoms with E-state index < -0.39 is 28.6 Å². The first-order valence-electron chi connectivity index (χ1n) is 6.19. The largest absolute Gasteiger partial charge is 0.418 e. The molecule has 0 radical (unpaired) electrons. The predicted octanol–water partition coefficient (Wildman–Crippen LogP) is 2.73. The quantitative estimate of drug-likeness (QED) is 0.729. The van der Waals surface area contributed by atoms with Crippen molar-refractivity contribution < 1.29 is 23.1 Å². The molecule has 118 valence electrons. The highest BCUT2D eigenvalue weighted by molar-refractivity contribution is 8.01. The highest BCUT2D eigenvalue weighted by Gasteiger charge is 2.33. The van der Waals surface area contributed by atoms with Gasteiger partial charge in [-0.3, -0.25) is 4.79 Å². The van der Waals surface area contributed by atoms with E-state index in [1.54, 1.807) is 13.8 Å². The number of nitrogens with one attached hydrogen (secondary N) is 1. The van der Waals surface area contributed by atoms with Crippen LogP contribution in [0.2, 0.25) is 0 Å². The van der Waals surface area contributed by atoms with Crippen LogP contribution in [0.5, 0.6) is 0 Å². The number of nitrogen functional groups attached to an aromatic ring is 1. The molecule has 0 spiro atoms. The minimum Gasteiger partial charge on any atom is -0.398 e. The normalized spacial score (nSPS) is 14.6. The molecule has 21 heavy (non-hydrogen) atoms. The number of nitrogens with two attached hydrogens (primary N) is 1. The van der Waals surface area contributed by atoms with Crippen molar-refractivity contribution >= 4 is 29.0 Å². The second kappa shape index (κ2) is 7.04. The van der Waals surface area contributed by atoms with Crippen LogP contribution in [0.1, 0.15) is 19.4 Å². The Morgan fingerprint density at radius 1 is 1.43 bits per heavy atom. The summed E-state index contributed by atoms with van der Waals surface area (Å²) in [6, 6.07) is 3.22. The maximum absolute atomic E-state index is 12.7. The second-order valence-corrected chi connectivity index (χ2v) is 6.34. The van der Waals surface area contributed by atoms with Crippen LogP contribution in [0.25, 0.3) is 0 Å². The molecule has 0 aliphatic heterocycles. The van der Waals surface area contributed by atoms with Crippen LogP contribution in [0.15, 0.2) is 18.2 Å². The molecule has 4 N–H and O–H groups in total. The zero-order chi connectivity index (χ0) is 16.2. The first-order valence-corrected chi connectivity index (χ1v) is 7.13. The van der Waals surface area contributed by atoms with Gasteiger partial charge in [0.2, 0.25) is 5.91 Å². The van der Waals surface area contributed by atoms with Gasteiger partial charge in [-0.05, 0) is 25.1 Å². The summed E-state index contributed by atoms with van der Waals surface area (Å²) in [4.78, 5) is 11.9. The van der Waals surface area contributed by atoms with E-state index >= 15 is 0 Å². The minimum atomic E-state index is -4.57. The van der Waals surface area contributed by atoms with E-state index in [1.807, 2.05) is 0 Å². The molecule has 2 atom stereocenters. The van der Waals surface area contributed by atoms with Crippen LogP contribution in [0, 0.1) is 0 Å². The van der Waals surface area contributed by atoms with Crippen molar-refractivity contribution in [2.24, 2.45) is 0 Å². The fourth-order valence-electron chi connectivity index (χ4n) is 1.58. The molecular formula is C13H17F3N2O2S. The lowest BCUT2D eigenvalue weighted by Gasteiger charge is -2.16. The zero-order valence-electron chi connectivity index (χ0n) is 11.6. The van der Waals surface area contributed by atoms with E-state index in [-0.39, 0.29) is 17.5 Å². The van der Waals surface area contributed by atoms with Crippen LogP contribution in [-0.4, -0.2) is 28.1 Å². The Labute approximate surface area is 124 Å². The van der Waals surface area contributed by atoms with Gasteiger partial charge in [-0.25, -0.2) is 0 Å². The van der Waals surface area contributed by atoms with Crippen molar-refractivity contribution in [1.82, 2.24) is 0 Å². The number of carbonyl (C=O) groups is 1. The molecule has 1 aromatic carbocycles. The van der Waals surface area contributed by atoms with E-state index in [9.17, 15) is 18.0 Å². The summed E-state index contributed by atoms with van der Waals surface area (Å²) in [7, 11) is 0. The van der Waals surface area contributed by atoms with Gasteiger partial charge in [0.05, 0.1) is 17.4 Å². The van der Waals surface area contributed by atoms with Crippen molar-refractivity contribution in [3.8, 4) is 0 Å². The van der Waals surface area contributed by atoms with E-state index in [2.05, 4.69) is 5.32 Å². The molecule has 0 aliphatic rings. The number of benzene rings is 1. The van der Waals surface area contributed by atoms with Crippen LogP contribution >= 0.6 is 11.8 Å².